The molecule has 1 aromatic rings. The van der Waals surface area contributed by atoms with Gasteiger partial charge in [0.05, 0.1) is 12.3 Å². The van der Waals surface area contributed by atoms with Crippen molar-refractivity contribution in [2.75, 3.05) is 26.0 Å². The molecule has 0 aliphatic heterocycles. The van der Waals surface area contributed by atoms with E-state index in [4.69, 9.17) is 9.15 Å². The summed E-state index contributed by atoms with van der Waals surface area (Å²) in [5.74, 6) is 2.86. The van der Waals surface area contributed by atoms with Crippen LogP contribution >= 0.6 is 0 Å². The molecule has 0 spiro atoms. The van der Waals surface area contributed by atoms with Crippen LogP contribution in [0.1, 0.15) is 24.9 Å². The molecule has 5 heteroatoms. The highest BCUT2D eigenvalue weighted by atomic mass is 32.2. The van der Waals surface area contributed by atoms with Crippen LogP contribution < -0.4 is 5.32 Å². The van der Waals surface area contributed by atoms with Crippen molar-refractivity contribution >= 4 is 10.8 Å². The maximum absolute atomic E-state index is 11.7. The molecule has 0 saturated heterocycles. The lowest BCUT2D eigenvalue weighted by atomic mass is 10.4. The lowest BCUT2D eigenvalue weighted by Gasteiger charge is -2.00. The van der Waals surface area contributed by atoms with Crippen molar-refractivity contribution in [2.24, 2.45) is 0 Å². The summed E-state index contributed by atoms with van der Waals surface area (Å²) in [6.45, 7) is 4.36. The largest absolute Gasteiger partial charge is 0.464 e. The molecule has 0 aliphatic rings. The third kappa shape index (κ3) is 6.00. The molecule has 0 amide bonds. The van der Waals surface area contributed by atoms with Crippen LogP contribution in [0.5, 0.6) is 0 Å². The van der Waals surface area contributed by atoms with Gasteiger partial charge in [-0.1, -0.05) is 6.92 Å². The van der Waals surface area contributed by atoms with Crippen LogP contribution in [0.4, 0.5) is 0 Å². The van der Waals surface area contributed by atoms with E-state index in [1.165, 1.54) is 0 Å². The molecule has 17 heavy (non-hydrogen) atoms. The number of furan rings is 1. The molecule has 1 N–H and O–H groups in total. The second kappa shape index (κ2) is 8.44. The molecule has 1 rings (SSSR count). The smallest absolute Gasteiger partial charge is 0.118 e. The zero-order valence-corrected chi connectivity index (χ0v) is 11.3. The first-order chi connectivity index (χ1) is 8.26. The summed E-state index contributed by atoms with van der Waals surface area (Å²) in [4.78, 5) is 0. The van der Waals surface area contributed by atoms with E-state index in [9.17, 15) is 4.21 Å². The molecule has 4 nitrogen and oxygen atoms in total. The Balaban J connectivity index is 2.30. The van der Waals surface area contributed by atoms with Crippen molar-refractivity contribution in [2.45, 2.75) is 25.6 Å². The first-order valence-electron chi connectivity index (χ1n) is 5.88. The predicted molar refractivity (Wildman–Crippen MR) is 69.3 cm³/mol. The summed E-state index contributed by atoms with van der Waals surface area (Å²) in [5.41, 5.74) is 0. The summed E-state index contributed by atoms with van der Waals surface area (Å²) in [6, 6.07) is 3.84. The highest BCUT2D eigenvalue weighted by Crippen LogP contribution is 2.10. The number of nitrogens with one attached hydrogen (secondary N) is 1. The van der Waals surface area contributed by atoms with Gasteiger partial charge in [0.1, 0.15) is 11.5 Å². The van der Waals surface area contributed by atoms with Gasteiger partial charge in [-0.15, -0.1) is 0 Å². The average Bonchev–Trinajstić information content (AvgIpc) is 2.74. The average molecular weight is 259 g/mol. The van der Waals surface area contributed by atoms with Gasteiger partial charge in [0.25, 0.3) is 0 Å². The Morgan fingerprint density at radius 1 is 1.41 bits per heavy atom. The second-order valence-electron chi connectivity index (χ2n) is 3.78. The fourth-order valence-corrected chi connectivity index (χ4v) is 2.49. The summed E-state index contributed by atoms with van der Waals surface area (Å²) >= 11 is 0. The van der Waals surface area contributed by atoms with Gasteiger partial charge in [0.2, 0.25) is 0 Å². The van der Waals surface area contributed by atoms with E-state index in [-0.39, 0.29) is 0 Å². The maximum atomic E-state index is 11.7. The van der Waals surface area contributed by atoms with Crippen molar-refractivity contribution in [3.63, 3.8) is 0 Å². The number of hydrogen-bond donors (Lipinski definition) is 1. The Kier molecular flexibility index (Phi) is 7.16. The fourth-order valence-electron chi connectivity index (χ4n) is 1.44. The van der Waals surface area contributed by atoms with Crippen molar-refractivity contribution in [3.8, 4) is 0 Å². The number of methoxy groups -OCH3 is 1. The highest BCUT2D eigenvalue weighted by Gasteiger charge is 2.06. The van der Waals surface area contributed by atoms with Crippen LogP contribution in [0, 0.1) is 0 Å². The molecular weight excluding hydrogens is 238 g/mol. The van der Waals surface area contributed by atoms with E-state index in [2.05, 4.69) is 12.2 Å². The minimum Gasteiger partial charge on any atom is -0.464 e. The van der Waals surface area contributed by atoms with E-state index in [0.717, 1.165) is 31.0 Å². The molecule has 0 aromatic carbocycles. The minimum atomic E-state index is -0.859. The van der Waals surface area contributed by atoms with Crippen molar-refractivity contribution < 1.29 is 13.4 Å². The van der Waals surface area contributed by atoms with Crippen LogP contribution in [0.25, 0.3) is 0 Å². The summed E-state index contributed by atoms with van der Waals surface area (Å²) < 4.78 is 22.2. The first kappa shape index (κ1) is 14.4. The normalized spacial score (nSPS) is 12.8. The van der Waals surface area contributed by atoms with E-state index in [1.807, 2.05) is 12.1 Å². The Labute approximate surface area is 105 Å². The van der Waals surface area contributed by atoms with E-state index >= 15 is 0 Å². The molecule has 1 aromatic heterocycles. The molecule has 0 aliphatic carbocycles. The van der Waals surface area contributed by atoms with E-state index < -0.39 is 10.8 Å². The monoisotopic (exact) mass is 259 g/mol. The molecule has 1 unspecified atom stereocenters. The number of ether oxygens (including phenoxy) is 1. The lowest BCUT2D eigenvalue weighted by Crippen LogP contribution is -2.10. The van der Waals surface area contributed by atoms with Gasteiger partial charge >= 0.3 is 0 Å². The molecular formula is C12H21NO3S. The number of hydrogen-bond acceptors (Lipinski definition) is 4. The SMILES string of the molecule is CCNCc1ccc(CS(=O)CCCOC)o1. The molecule has 1 atom stereocenters. The van der Waals surface area contributed by atoms with Gasteiger partial charge in [-0.05, 0) is 25.1 Å². The summed E-state index contributed by atoms with van der Waals surface area (Å²) in [5, 5.41) is 3.19. The first-order valence-corrected chi connectivity index (χ1v) is 7.37. The third-order valence-electron chi connectivity index (χ3n) is 2.29. The van der Waals surface area contributed by atoms with Gasteiger partial charge < -0.3 is 14.5 Å². The lowest BCUT2D eigenvalue weighted by molar-refractivity contribution is 0.200. The van der Waals surface area contributed by atoms with Crippen LogP contribution in [0.2, 0.25) is 0 Å². The summed E-state index contributed by atoms with van der Waals surface area (Å²) in [6.07, 6.45) is 0.827. The zero-order valence-electron chi connectivity index (χ0n) is 10.5. The van der Waals surface area contributed by atoms with Crippen molar-refractivity contribution in [1.29, 1.82) is 0 Å². The van der Waals surface area contributed by atoms with Crippen molar-refractivity contribution in [3.05, 3.63) is 23.7 Å². The predicted octanol–water partition coefficient (Wildman–Crippen LogP) is 1.67. The fraction of sp³-hybridized carbons (Fsp3) is 0.667. The summed E-state index contributed by atoms with van der Waals surface area (Å²) in [7, 11) is 0.796. The van der Waals surface area contributed by atoms with Gasteiger partial charge in [0, 0.05) is 30.3 Å². The van der Waals surface area contributed by atoms with Crippen LogP contribution in [-0.4, -0.2) is 30.2 Å². The maximum Gasteiger partial charge on any atom is 0.118 e. The van der Waals surface area contributed by atoms with Crippen molar-refractivity contribution in [1.82, 2.24) is 5.32 Å². The van der Waals surface area contributed by atoms with Gasteiger partial charge in [-0.2, -0.15) is 0 Å². The van der Waals surface area contributed by atoms with E-state index in [0.29, 0.717) is 18.1 Å². The topological polar surface area (TPSA) is 51.5 Å². The Morgan fingerprint density at radius 2 is 2.18 bits per heavy atom. The molecule has 1 heterocycles. The quantitative estimate of drug-likeness (QED) is 0.685. The number of rotatable bonds is 9. The molecule has 0 fully saturated rings. The third-order valence-corrected chi connectivity index (χ3v) is 3.64. The van der Waals surface area contributed by atoms with Gasteiger partial charge in [-0.3, -0.25) is 4.21 Å². The van der Waals surface area contributed by atoms with Crippen LogP contribution in [0.3, 0.4) is 0 Å². The highest BCUT2D eigenvalue weighted by molar-refractivity contribution is 7.84. The van der Waals surface area contributed by atoms with Crippen LogP contribution in [0.15, 0.2) is 16.5 Å². The Bertz CT molecular complexity index is 338. The Hall–Kier alpha value is -0.650. The van der Waals surface area contributed by atoms with Gasteiger partial charge in [-0.25, -0.2) is 0 Å². The molecule has 0 bridgehead atoms. The van der Waals surface area contributed by atoms with Crippen LogP contribution in [-0.2, 0) is 27.8 Å². The molecule has 0 saturated carbocycles. The standard InChI is InChI=1S/C12H21NO3S/c1-3-13-9-11-5-6-12(16-11)10-17(14)8-4-7-15-2/h5-6,13H,3-4,7-10H2,1-2H3. The minimum absolute atomic E-state index is 0.496. The Morgan fingerprint density at radius 3 is 2.88 bits per heavy atom. The van der Waals surface area contributed by atoms with Gasteiger partial charge in [0.15, 0.2) is 0 Å². The van der Waals surface area contributed by atoms with E-state index in [1.54, 1.807) is 7.11 Å². The zero-order chi connectivity index (χ0) is 12.5. The molecule has 98 valence electrons. The second-order valence-corrected chi connectivity index (χ2v) is 5.36. The molecule has 0 radical (unpaired) electrons.